The maximum atomic E-state index is 11.6. The van der Waals surface area contributed by atoms with Crippen molar-refractivity contribution < 1.29 is 9.53 Å². The first-order valence-electron chi connectivity index (χ1n) is 5.96. The van der Waals surface area contributed by atoms with Gasteiger partial charge in [0.2, 0.25) is 0 Å². The predicted molar refractivity (Wildman–Crippen MR) is 71.4 cm³/mol. The molecule has 1 heterocycles. The number of hydrogen-bond acceptors (Lipinski definition) is 4. The molecule has 96 valence electrons. The van der Waals surface area contributed by atoms with E-state index < -0.39 is 0 Å². The molecule has 0 amide bonds. The SMILES string of the molecule is CCCNC(C)(C)COC(=O)Cc1cccs1. The van der Waals surface area contributed by atoms with Crippen molar-refractivity contribution in [2.24, 2.45) is 0 Å². The van der Waals surface area contributed by atoms with Crippen LogP contribution in [0.5, 0.6) is 0 Å². The molecule has 0 aliphatic heterocycles. The van der Waals surface area contributed by atoms with E-state index in [0.717, 1.165) is 17.8 Å². The molecule has 1 N–H and O–H groups in total. The molecule has 1 aromatic heterocycles. The zero-order chi connectivity index (χ0) is 12.7. The van der Waals surface area contributed by atoms with E-state index >= 15 is 0 Å². The summed E-state index contributed by atoms with van der Waals surface area (Å²) in [5, 5.41) is 5.32. The highest BCUT2D eigenvalue weighted by Gasteiger charge is 2.19. The second kappa shape index (κ2) is 6.77. The number of nitrogens with one attached hydrogen (secondary N) is 1. The predicted octanol–water partition coefficient (Wildman–Crippen LogP) is 2.61. The van der Waals surface area contributed by atoms with Crippen LogP contribution < -0.4 is 5.32 Å². The molecular formula is C13H21NO2S. The Morgan fingerprint density at radius 1 is 1.53 bits per heavy atom. The molecular weight excluding hydrogens is 234 g/mol. The third-order valence-electron chi connectivity index (χ3n) is 2.35. The van der Waals surface area contributed by atoms with E-state index in [0.29, 0.717) is 13.0 Å². The van der Waals surface area contributed by atoms with Crippen molar-refractivity contribution in [1.82, 2.24) is 5.32 Å². The summed E-state index contributed by atoms with van der Waals surface area (Å²) in [5.74, 6) is -0.154. The lowest BCUT2D eigenvalue weighted by Gasteiger charge is -2.25. The molecule has 0 bridgehead atoms. The van der Waals surface area contributed by atoms with E-state index in [2.05, 4.69) is 12.2 Å². The van der Waals surface area contributed by atoms with Crippen LogP contribution in [-0.4, -0.2) is 24.7 Å². The lowest BCUT2D eigenvalue weighted by atomic mass is 10.1. The Kier molecular flexibility index (Phi) is 5.65. The number of carbonyl (C=O) groups excluding carboxylic acids is 1. The Balaban J connectivity index is 2.27. The lowest BCUT2D eigenvalue weighted by Crippen LogP contribution is -2.44. The highest BCUT2D eigenvalue weighted by molar-refractivity contribution is 7.10. The van der Waals surface area contributed by atoms with Gasteiger partial charge in [0.1, 0.15) is 6.61 Å². The van der Waals surface area contributed by atoms with Gasteiger partial charge in [-0.1, -0.05) is 13.0 Å². The van der Waals surface area contributed by atoms with Gasteiger partial charge in [-0.05, 0) is 38.3 Å². The molecule has 0 aromatic carbocycles. The molecule has 1 rings (SSSR count). The van der Waals surface area contributed by atoms with Crippen LogP contribution in [0.4, 0.5) is 0 Å². The van der Waals surface area contributed by atoms with Crippen LogP contribution in [-0.2, 0) is 16.0 Å². The topological polar surface area (TPSA) is 38.3 Å². The number of rotatable bonds is 7. The molecule has 0 saturated carbocycles. The highest BCUT2D eigenvalue weighted by atomic mass is 32.1. The van der Waals surface area contributed by atoms with Crippen molar-refractivity contribution in [3.05, 3.63) is 22.4 Å². The monoisotopic (exact) mass is 255 g/mol. The maximum absolute atomic E-state index is 11.6. The quantitative estimate of drug-likeness (QED) is 0.761. The standard InChI is InChI=1S/C13H21NO2S/c1-4-7-14-13(2,3)10-16-12(15)9-11-6-5-8-17-11/h5-6,8,14H,4,7,9-10H2,1-3H3. The molecule has 0 aliphatic rings. The number of esters is 1. The van der Waals surface area contributed by atoms with E-state index in [1.54, 1.807) is 11.3 Å². The lowest BCUT2D eigenvalue weighted by molar-refractivity contribution is -0.144. The Bertz CT molecular complexity index is 333. The van der Waals surface area contributed by atoms with Gasteiger partial charge >= 0.3 is 5.97 Å². The minimum atomic E-state index is -0.154. The largest absolute Gasteiger partial charge is 0.463 e. The summed E-state index contributed by atoms with van der Waals surface area (Å²) in [6.45, 7) is 7.56. The average Bonchev–Trinajstić information content (AvgIpc) is 2.77. The highest BCUT2D eigenvalue weighted by Crippen LogP contribution is 2.10. The molecule has 3 nitrogen and oxygen atoms in total. The molecule has 0 atom stereocenters. The van der Waals surface area contributed by atoms with E-state index in [1.165, 1.54) is 0 Å². The number of hydrogen-bond donors (Lipinski definition) is 1. The molecule has 17 heavy (non-hydrogen) atoms. The van der Waals surface area contributed by atoms with Crippen LogP contribution in [0.3, 0.4) is 0 Å². The molecule has 0 spiro atoms. The van der Waals surface area contributed by atoms with Crippen LogP contribution in [0.15, 0.2) is 17.5 Å². The van der Waals surface area contributed by atoms with Gasteiger partial charge in [-0.15, -0.1) is 11.3 Å². The van der Waals surface area contributed by atoms with Gasteiger partial charge in [-0.2, -0.15) is 0 Å². The second-order valence-electron chi connectivity index (χ2n) is 4.73. The Morgan fingerprint density at radius 3 is 2.88 bits per heavy atom. The number of thiophene rings is 1. The first-order chi connectivity index (χ1) is 8.03. The minimum Gasteiger partial charge on any atom is -0.463 e. The van der Waals surface area contributed by atoms with Crippen molar-refractivity contribution in [1.29, 1.82) is 0 Å². The van der Waals surface area contributed by atoms with Crippen molar-refractivity contribution in [2.75, 3.05) is 13.2 Å². The third kappa shape index (κ3) is 5.84. The Hall–Kier alpha value is -0.870. The summed E-state index contributed by atoms with van der Waals surface area (Å²) in [7, 11) is 0. The van der Waals surface area contributed by atoms with Gasteiger partial charge < -0.3 is 10.1 Å². The Labute approximate surface area is 107 Å². The van der Waals surface area contributed by atoms with E-state index in [9.17, 15) is 4.79 Å². The summed E-state index contributed by atoms with van der Waals surface area (Å²) in [6.07, 6.45) is 1.45. The molecule has 4 heteroatoms. The average molecular weight is 255 g/mol. The fourth-order valence-electron chi connectivity index (χ4n) is 1.38. The smallest absolute Gasteiger partial charge is 0.311 e. The van der Waals surface area contributed by atoms with Crippen molar-refractivity contribution in [3.8, 4) is 0 Å². The van der Waals surface area contributed by atoms with Crippen LogP contribution >= 0.6 is 11.3 Å². The summed E-state index contributed by atoms with van der Waals surface area (Å²) < 4.78 is 5.28. The van der Waals surface area contributed by atoms with Crippen molar-refractivity contribution in [2.45, 2.75) is 39.2 Å². The summed E-state index contributed by atoms with van der Waals surface area (Å²) in [5.41, 5.74) is -0.152. The van der Waals surface area contributed by atoms with Gasteiger partial charge in [-0.25, -0.2) is 0 Å². The summed E-state index contributed by atoms with van der Waals surface area (Å²) in [4.78, 5) is 12.6. The first kappa shape index (κ1) is 14.2. The van der Waals surface area contributed by atoms with Crippen LogP contribution in [0, 0.1) is 0 Å². The van der Waals surface area contributed by atoms with Crippen LogP contribution in [0.2, 0.25) is 0 Å². The molecule has 0 unspecified atom stereocenters. The van der Waals surface area contributed by atoms with Gasteiger partial charge in [0.15, 0.2) is 0 Å². The van der Waals surface area contributed by atoms with Gasteiger partial charge in [-0.3, -0.25) is 4.79 Å². The van der Waals surface area contributed by atoms with E-state index in [4.69, 9.17) is 4.74 Å². The zero-order valence-electron chi connectivity index (χ0n) is 10.8. The molecule has 0 saturated heterocycles. The van der Waals surface area contributed by atoms with Crippen molar-refractivity contribution >= 4 is 17.3 Å². The molecule has 0 radical (unpaired) electrons. The Morgan fingerprint density at radius 2 is 2.29 bits per heavy atom. The maximum Gasteiger partial charge on any atom is 0.311 e. The van der Waals surface area contributed by atoms with Crippen LogP contribution in [0.25, 0.3) is 0 Å². The molecule has 0 aliphatic carbocycles. The summed E-state index contributed by atoms with van der Waals surface area (Å²) in [6, 6.07) is 3.90. The zero-order valence-corrected chi connectivity index (χ0v) is 11.6. The fraction of sp³-hybridized carbons (Fsp3) is 0.615. The first-order valence-corrected chi connectivity index (χ1v) is 6.84. The minimum absolute atomic E-state index is 0.152. The van der Waals surface area contributed by atoms with Gasteiger partial charge in [0, 0.05) is 10.4 Å². The second-order valence-corrected chi connectivity index (χ2v) is 5.76. The van der Waals surface area contributed by atoms with E-state index in [1.807, 2.05) is 31.4 Å². The van der Waals surface area contributed by atoms with Crippen molar-refractivity contribution in [3.63, 3.8) is 0 Å². The normalized spacial score (nSPS) is 11.5. The molecule has 0 fully saturated rings. The summed E-state index contributed by atoms with van der Waals surface area (Å²) >= 11 is 1.58. The number of ether oxygens (including phenoxy) is 1. The molecule has 1 aromatic rings. The van der Waals surface area contributed by atoms with Gasteiger partial charge in [0.25, 0.3) is 0 Å². The number of carbonyl (C=O) groups is 1. The van der Waals surface area contributed by atoms with Crippen LogP contribution in [0.1, 0.15) is 32.1 Å². The fourth-order valence-corrected chi connectivity index (χ4v) is 2.07. The van der Waals surface area contributed by atoms with E-state index in [-0.39, 0.29) is 11.5 Å². The van der Waals surface area contributed by atoms with Gasteiger partial charge in [0.05, 0.1) is 6.42 Å². The third-order valence-corrected chi connectivity index (χ3v) is 3.22.